The Kier molecular flexibility index (Phi) is 2.86. The molecule has 0 aromatic carbocycles. The van der Waals surface area contributed by atoms with E-state index < -0.39 is 5.91 Å². The van der Waals surface area contributed by atoms with Crippen LogP contribution in [0.4, 0.5) is 0 Å². The van der Waals surface area contributed by atoms with E-state index in [1.54, 1.807) is 12.3 Å². The molecule has 0 unspecified atom stereocenters. The molecule has 0 aliphatic carbocycles. The zero-order chi connectivity index (χ0) is 12.4. The van der Waals surface area contributed by atoms with Crippen molar-refractivity contribution in [1.82, 2.24) is 20.0 Å². The molecule has 0 aliphatic heterocycles. The maximum absolute atomic E-state index is 10.9. The Morgan fingerprint density at radius 3 is 2.82 bits per heavy atom. The predicted octanol–water partition coefficient (Wildman–Crippen LogP) is 0.885. The summed E-state index contributed by atoms with van der Waals surface area (Å²) in [6, 6.07) is 3.70. The fraction of sp³-hybridized carbons (Fsp3) is 0.273. The highest BCUT2D eigenvalue weighted by Crippen LogP contribution is 2.14. The highest BCUT2D eigenvalue weighted by Gasteiger charge is 2.08. The van der Waals surface area contributed by atoms with Gasteiger partial charge in [0.25, 0.3) is 5.91 Å². The SMILES string of the molecule is CC(C)c1cc(-n2cc(C(N)=O)nn2)ccn1. The summed E-state index contributed by atoms with van der Waals surface area (Å²) >= 11 is 0. The Labute approximate surface area is 98.5 Å². The summed E-state index contributed by atoms with van der Waals surface area (Å²) in [5.41, 5.74) is 7.03. The number of carbonyl (C=O) groups is 1. The molecule has 2 heterocycles. The molecule has 0 bridgehead atoms. The third kappa shape index (κ3) is 2.30. The number of amides is 1. The molecular formula is C11H13N5O. The Morgan fingerprint density at radius 2 is 2.24 bits per heavy atom. The van der Waals surface area contributed by atoms with Crippen molar-refractivity contribution in [2.75, 3.05) is 0 Å². The molecule has 2 N–H and O–H groups in total. The number of rotatable bonds is 3. The minimum Gasteiger partial charge on any atom is -0.364 e. The van der Waals surface area contributed by atoms with E-state index >= 15 is 0 Å². The van der Waals surface area contributed by atoms with Crippen molar-refractivity contribution in [3.8, 4) is 5.69 Å². The van der Waals surface area contributed by atoms with E-state index in [4.69, 9.17) is 5.73 Å². The lowest BCUT2D eigenvalue weighted by molar-refractivity contribution is 0.0995. The highest BCUT2D eigenvalue weighted by molar-refractivity contribution is 5.90. The van der Waals surface area contributed by atoms with E-state index in [-0.39, 0.29) is 5.69 Å². The van der Waals surface area contributed by atoms with Gasteiger partial charge >= 0.3 is 0 Å². The number of aromatic nitrogens is 4. The third-order valence-corrected chi connectivity index (χ3v) is 2.37. The van der Waals surface area contributed by atoms with Crippen LogP contribution in [-0.4, -0.2) is 25.9 Å². The first-order chi connectivity index (χ1) is 8.08. The van der Waals surface area contributed by atoms with Gasteiger partial charge in [-0.2, -0.15) is 0 Å². The van der Waals surface area contributed by atoms with E-state index in [0.717, 1.165) is 11.4 Å². The number of nitrogens with zero attached hydrogens (tertiary/aromatic N) is 4. The summed E-state index contributed by atoms with van der Waals surface area (Å²) in [6.45, 7) is 4.12. The zero-order valence-electron chi connectivity index (χ0n) is 9.66. The summed E-state index contributed by atoms with van der Waals surface area (Å²) in [5, 5.41) is 7.53. The molecule has 2 aromatic heterocycles. The first kappa shape index (κ1) is 11.3. The van der Waals surface area contributed by atoms with Gasteiger partial charge in [-0.15, -0.1) is 5.10 Å². The van der Waals surface area contributed by atoms with Crippen LogP contribution in [0.2, 0.25) is 0 Å². The highest BCUT2D eigenvalue weighted by atomic mass is 16.1. The summed E-state index contributed by atoms with van der Waals surface area (Å²) < 4.78 is 1.51. The Hall–Kier alpha value is -2.24. The van der Waals surface area contributed by atoms with Gasteiger partial charge in [-0.25, -0.2) is 4.68 Å². The fourth-order valence-corrected chi connectivity index (χ4v) is 1.40. The zero-order valence-corrected chi connectivity index (χ0v) is 9.66. The number of hydrogen-bond acceptors (Lipinski definition) is 4. The summed E-state index contributed by atoms with van der Waals surface area (Å²) in [7, 11) is 0. The van der Waals surface area contributed by atoms with Crippen LogP contribution < -0.4 is 5.73 Å². The Balaban J connectivity index is 2.38. The molecule has 17 heavy (non-hydrogen) atoms. The lowest BCUT2D eigenvalue weighted by Crippen LogP contribution is -2.11. The second kappa shape index (κ2) is 4.32. The molecule has 1 amide bonds. The minimum absolute atomic E-state index is 0.146. The minimum atomic E-state index is -0.589. The maximum Gasteiger partial charge on any atom is 0.270 e. The second-order valence-corrected chi connectivity index (χ2v) is 4.01. The van der Waals surface area contributed by atoms with Crippen molar-refractivity contribution in [1.29, 1.82) is 0 Å². The van der Waals surface area contributed by atoms with Crippen LogP contribution in [0.3, 0.4) is 0 Å². The van der Waals surface area contributed by atoms with Gasteiger partial charge in [0.15, 0.2) is 5.69 Å². The third-order valence-electron chi connectivity index (χ3n) is 2.37. The maximum atomic E-state index is 10.9. The molecule has 0 radical (unpaired) electrons. The van der Waals surface area contributed by atoms with Crippen LogP contribution in [0, 0.1) is 0 Å². The normalized spacial score (nSPS) is 10.8. The standard InChI is InChI=1S/C11H13N5O/c1-7(2)9-5-8(3-4-13-9)16-6-10(11(12)17)14-15-16/h3-7H,1-2H3,(H2,12,17). The van der Waals surface area contributed by atoms with Crippen molar-refractivity contribution in [3.63, 3.8) is 0 Å². The van der Waals surface area contributed by atoms with Gasteiger partial charge in [0.1, 0.15) is 0 Å². The smallest absolute Gasteiger partial charge is 0.270 e. The Morgan fingerprint density at radius 1 is 1.47 bits per heavy atom. The number of carbonyl (C=O) groups excluding carboxylic acids is 1. The molecule has 0 spiro atoms. The van der Waals surface area contributed by atoms with Gasteiger partial charge < -0.3 is 5.73 Å². The van der Waals surface area contributed by atoms with E-state index in [9.17, 15) is 4.79 Å². The molecule has 0 saturated carbocycles. The summed E-state index contributed by atoms with van der Waals surface area (Å²) in [4.78, 5) is 15.2. The van der Waals surface area contributed by atoms with Gasteiger partial charge in [0.05, 0.1) is 11.9 Å². The molecule has 2 aromatic rings. The summed E-state index contributed by atoms with van der Waals surface area (Å²) in [6.07, 6.45) is 3.21. The van der Waals surface area contributed by atoms with Crippen LogP contribution in [-0.2, 0) is 0 Å². The van der Waals surface area contributed by atoms with Crippen LogP contribution in [0.25, 0.3) is 5.69 Å². The molecule has 0 saturated heterocycles. The second-order valence-electron chi connectivity index (χ2n) is 4.01. The Bertz CT molecular complexity index is 546. The quantitative estimate of drug-likeness (QED) is 0.849. The van der Waals surface area contributed by atoms with E-state index in [1.165, 1.54) is 10.9 Å². The van der Waals surface area contributed by atoms with Crippen LogP contribution in [0.5, 0.6) is 0 Å². The first-order valence-electron chi connectivity index (χ1n) is 5.26. The van der Waals surface area contributed by atoms with E-state index in [1.807, 2.05) is 6.07 Å². The van der Waals surface area contributed by atoms with Gasteiger partial charge in [-0.3, -0.25) is 9.78 Å². The average molecular weight is 231 g/mol. The molecule has 0 atom stereocenters. The molecule has 0 fully saturated rings. The first-order valence-corrected chi connectivity index (χ1v) is 5.26. The van der Waals surface area contributed by atoms with E-state index in [0.29, 0.717) is 5.92 Å². The van der Waals surface area contributed by atoms with Crippen LogP contribution in [0.1, 0.15) is 35.9 Å². The topological polar surface area (TPSA) is 86.7 Å². The predicted molar refractivity (Wildman–Crippen MR) is 61.8 cm³/mol. The van der Waals surface area contributed by atoms with Crippen molar-refractivity contribution in [2.45, 2.75) is 19.8 Å². The summed E-state index contributed by atoms with van der Waals surface area (Å²) in [5.74, 6) is -0.261. The fourth-order valence-electron chi connectivity index (χ4n) is 1.40. The van der Waals surface area contributed by atoms with Crippen molar-refractivity contribution < 1.29 is 4.79 Å². The number of nitrogens with two attached hydrogens (primary N) is 1. The number of primary amides is 1. The van der Waals surface area contributed by atoms with Crippen molar-refractivity contribution >= 4 is 5.91 Å². The van der Waals surface area contributed by atoms with Crippen molar-refractivity contribution in [3.05, 3.63) is 35.9 Å². The van der Waals surface area contributed by atoms with E-state index in [2.05, 4.69) is 29.1 Å². The van der Waals surface area contributed by atoms with Crippen molar-refractivity contribution in [2.24, 2.45) is 5.73 Å². The molecule has 88 valence electrons. The van der Waals surface area contributed by atoms with Gasteiger partial charge in [-0.05, 0) is 18.1 Å². The van der Waals surface area contributed by atoms with Crippen LogP contribution in [0.15, 0.2) is 24.5 Å². The largest absolute Gasteiger partial charge is 0.364 e. The molecule has 6 nitrogen and oxygen atoms in total. The lowest BCUT2D eigenvalue weighted by Gasteiger charge is -2.06. The van der Waals surface area contributed by atoms with Gasteiger partial charge in [-0.1, -0.05) is 19.1 Å². The average Bonchev–Trinajstić information content (AvgIpc) is 2.78. The monoisotopic (exact) mass is 231 g/mol. The molecule has 2 rings (SSSR count). The van der Waals surface area contributed by atoms with Crippen LogP contribution >= 0.6 is 0 Å². The van der Waals surface area contributed by atoms with Gasteiger partial charge in [0, 0.05) is 11.9 Å². The number of hydrogen-bond donors (Lipinski definition) is 1. The molecule has 6 heteroatoms. The molecular weight excluding hydrogens is 218 g/mol. The van der Waals surface area contributed by atoms with Gasteiger partial charge in [0.2, 0.25) is 0 Å². The molecule has 0 aliphatic rings. The lowest BCUT2D eigenvalue weighted by atomic mass is 10.1. The number of pyridine rings is 1.